The largest absolute Gasteiger partial charge is 1.00 e. The molecule has 0 spiro atoms. The average Bonchev–Trinajstić information content (AvgIpc) is 2.65. The topological polar surface area (TPSA) is 0 Å². The van der Waals surface area contributed by atoms with Crippen LogP contribution in [0.5, 0.6) is 0 Å². The van der Waals surface area contributed by atoms with E-state index in [-0.39, 0.29) is 30.2 Å². The van der Waals surface area contributed by atoms with Crippen molar-refractivity contribution in [1.82, 2.24) is 0 Å². The summed E-state index contributed by atoms with van der Waals surface area (Å²) >= 11 is 1.57. The fraction of sp³-hybridized carbons (Fsp3) is 0.467. The first-order valence-corrected chi connectivity index (χ1v) is 7.11. The van der Waals surface area contributed by atoms with E-state index in [9.17, 15) is 0 Å². The first-order valence-electron chi connectivity index (χ1n) is 5.88. The Kier molecular flexibility index (Phi) is 6.40. The third-order valence-corrected chi connectivity index (χ3v) is 5.79. The Morgan fingerprint density at radius 3 is 1.94 bits per heavy atom. The Morgan fingerprint density at radius 2 is 1.61 bits per heavy atom. The third-order valence-electron chi connectivity index (χ3n) is 4.36. The molecule has 0 saturated carbocycles. The maximum Gasteiger partial charge on any atom is -1.00 e. The van der Waals surface area contributed by atoms with Gasteiger partial charge in [0.2, 0.25) is 0 Å². The number of hydrogen-bond donors (Lipinski definition) is 0. The van der Waals surface area contributed by atoms with Crippen molar-refractivity contribution in [2.75, 3.05) is 0 Å². The summed E-state index contributed by atoms with van der Waals surface area (Å²) in [6.07, 6.45) is 6.06. The van der Waals surface area contributed by atoms with Crippen molar-refractivity contribution < 1.29 is 49.5 Å². The van der Waals surface area contributed by atoms with E-state index in [1.165, 1.54) is 23.1 Å². The quantitative estimate of drug-likeness (QED) is 0.531. The molecule has 18 heavy (non-hydrogen) atoms. The molecule has 3 heteroatoms. The summed E-state index contributed by atoms with van der Waals surface area (Å²) < 4.78 is 1.62. The molecule has 0 nitrogen and oxygen atoms in total. The summed E-state index contributed by atoms with van der Waals surface area (Å²) in [5.41, 5.74) is 7.71. The molecule has 97 valence electrons. The Hall–Kier alpha value is 0.423. The van der Waals surface area contributed by atoms with E-state index in [4.69, 9.17) is 0 Å². The van der Waals surface area contributed by atoms with Crippen LogP contribution in [0.15, 0.2) is 43.3 Å². The van der Waals surface area contributed by atoms with Crippen LogP contribution in [0.4, 0.5) is 0 Å². The molecule has 2 aliphatic rings. The molecule has 0 saturated heterocycles. The van der Waals surface area contributed by atoms with Crippen LogP contribution in [-0.2, 0) is 24.7 Å². The van der Waals surface area contributed by atoms with E-state index < -0.39 is 0 Å². The van der Waals surface area contributed by atoms with Crippen LogP contribution in [-0.4, -0.2) is 0 Å². The van der Waals surface area contributed by atoms with E-state index in [1.54, 1.807) is 39.1 Å². The standard InChI is InChI=1S/C15H19.2ClH.Zr/c1-10-7-6-8-14(10)15(5)9-11(2)12(3)13(15)4;;;/h8-9H,6H2,1-5H3;2*1H;/q;;;+2/p-2. The normalized spacial score (nSPS) is 26.8. The Bertz CT molecular complexity index is 481. The second-order valence-corrected chi connectivity index (χ2v) is 6.69. The Balaban J connectivity index is 0.00000144. The molecule has 0 aromatic rings. The minimum atomic E-state index is 0. The Morgan fingerprint density at radius 1 is 1.06 bits per heavy atom. The number of allylic oxidation sites excluding steroid dienone is 8. The molecule has 0 radical (unpaired) electrons. The molecule has 1 atom stereocenters. The van der Waals surface area contributed by atoms with Crippen molar-refractivity contribution in [2.24, 2.45) is 5.41 Å². The summed E-state index contributed by atoms with van der Waals surface area (Å²) in [5.74, 6) is 0. The van der Waals surface area contributed by atoms with Crippen LogP contribution in [0.2, 0.25) is 0 Å². The number of halogens is 2. The second-order valence-electron chi connectivity index (χ2n) is 5.21. The van der Waals surface area contributed by atoms with Crippen molar-refractivity contribution in [3.63, 3.8) is 0 Å². The van der Waals surface area contributed by atoms with Gasteiger partial charge in [-0.2, -0.15) is 0 Å². The third kappa shape index (κ3) is 2.65. The maximum absolute atomic E-state index is 2.45. The van der Waals surface area contributed by atoms with Gasteiger partial charge in [-0.1, -0.05) is 0 Å². The van der Waals surface area contributed by atoms with E-state index in [0.717, 1.165) is 0 Å². The first-order chi connectivity index (χ1) is 7.38. The van der Waals surface area contributed by atoms with E-state index in [2.05, 4.69) is 46.8 Å². The van der Waals surface area contributed by atoms with Gasteiger partial charge >= 0.3 is 114 Å². The minimum absolute atomic E-state index is 0. The van der Waals surface area contributed by atoms with Crippen molar-refractivity contribution in [2.45, 2.75) is 41.0 Å². The zero-order valence-electron chi connectivity index (χ0n) is 11.6. The van der Waals surface area contributed by atoms with Gasteiger partial charge in [0.1, 0.15) is 0 Å². The van der Waals surface area contributed by atoms with Crippen LogP contribution in [0.3, 0.4) is 0 Å². The molecule has 2 rings (SSSR count). The maximum atomic E-state index is 2.45. The van der Waals surface area contributed by atoms with Crippen molar-refractivity contribution in [3.05, 3.63) is 43.3 Å². The van der Waals surface area contributed by atoms with Crippen LogP contribution in [0.25, 0.3) is 0 Å². The Labute approximate surface area is 138 Å². The van der Waals surface area contributed by atoms with Crippen LogP contribution in [0, 0.1) is 5.41 Å². The number of hydrogen-bond acceptors (Lipinski definition) is 0. The van der Waals surface area contributed by atoms with Gasteiger partial charge in [0.25, 0.3) is 0 Å². The van der Waals surface area contributed by atoms with Crippen LogP contribution >= 0.6 is 0 Å². The fourth-order valence-electron chi connectivity index (χ4n) is 2.89. The molecular weight excluding hydrogens is 342 g/mol. The van der Waals surface area contributed by atoms with E-state index in [1.807, 2.05) is 0 Å². The molecule has 0 heterocycles. The van der Waals surface area contributed by atoms with E-state index >= 15 is 0 Å². The fourth-order valence-corrected chi connectivity index (χ4v) is 3.47. The minimum Gasteiger partial charge on any atom is -1.00 e. The molecule has 2 aliphatic carbocycles. The predicted octanol–water partition coefficient (Wildman–Crippen LogP) is -1.55. The van der Waals surface area contributed by atoms with Gasteiger partial charge in [-0.15, -0.1) is 0 Å². The molecule has 0 aromatic carbocycles. The smallest absolute Gasteiger partial charge is 1.00 e. The molecule has 0 fully saturated rings. The molecular formula is C15H19Cl2Zr. The molecule has 0 aromatic heterocycles. The van der Waals surface area contributed by atoms with Gasteiger partial charge in [0.05, 0.1) is 0 Å². The van der Waals surface area contributed by atoms with Crippen LogP contribution < -0.4 is 24.8 Å². The monoisotopic (exact) mass is 359 g/mol. The summed E-state index contributed by atoms with van der Waals surface area (Å²) in [7, 11) is 0. The van der Waals surface area contributed by atoms with Gasteiger partial charge in [-0.05, 0) is 0 Å². The van der Waals surface area contributed by atoms with Gasteiger partial charge in [0.15, 0.2) is 0 Å². The summed E-state index contributed by atoms with van der Waals surface area (Å²) in [4.78, 5) is 0. The second kappa shape index (κ2) is 6.25. The molecule has 0 bridgehead atoms. The van der Waals surface area contributed by atoms with Crippen molar-refractivity contribution >= 4 is 0 Å². The first kappa shape index (κ1) is 18.4. The SMILES string of the molecule is CC1=CC(C)(C2=CC[C]([Zr+2])=C2C)C(C)=C1C.[Cl-].[Cl-]. The van der Waals surface area contributed by atoms with Gasteiger partial charge in [0, 0.05) is 0 Å². The van der Waals surface area contributed by atoms with Crippen molar-refractivity contribution in [1.29, 1.82) is 0 Å². The zero-order chi connectivity index (χ0) is 12.1. The zero-order valence-corrected chi connectivity index (χ0v) is 15.6. The van der Waals surface area contributed by atoms with Crippen molar-refractivity contribution in [3.8, 4) is 0 Å². The van der Waals surface area contributed by atoms with Gasteiger partial charge < -0.3 is 24.8 Å². The molecule has 0 N–H and O–H groups in total. The predicted molar refractivity (Wildman–Crippen MR) is 65.6 cm³/mol. The van der Waals surface area contributed by atoms with Crippen LogP contribution in [0.1, 0.15) is 41.0 Å². The van der Waals surface area contributed by atoms with E-state index in [0.29, 0.717) is 0 Å². The molecule has 0 aliphatic heterocycles. The summed E-state index contributed by atoms with van der Waals surface area (Å²) in [6, 6.07) is 0. The molecule has 1 unspecified atom stereocenters. The average molecular weight is 361 g/mol. The summed E-state index contributed by atoms with van der Waals surface area (Å²) in [6.45, 7) is 11.4. The molecule has 0 amide bonds. The summed E-state index contributed by atoms with van der Waals surface area (Å²) in [5, 5.41) is 0. The van der Waals surface area contributed by atoms with Gasteiger partial charge in [-0.3, -0.25) is 0 Å². The van der Waals surface area contributed by atoms with Gasteiger partial charge in [-0.25, -0.2) is 0 Å². The number of rotatable bonds is 1.